The summed E-state index contributed by atoms with van der Waals surface area (Å²) in [5.74, 6) is 0.579. The van der Waals surface area contributed by atoms with Gasteiger partial charge in [0.1, 0.15) is 5.60 Å². The van der Waals surface area contributed by atoms with Gasteiger partial charge in [-0.25, -0.2) is 9.59 Å². The molecule has 0 bridgehead atoms. The number of hydrogen-bond donors (Lipinski definition) is 2. The van der Waals surface area contributed by atoms with Crippen LogP contribution >= 0.6 is 0 Å². The van der Waals surface area contributed by atoms with E-state index in [1.165, 1.54) is 0 Å². The van der Waals surface area contributed by atoms with Crippen molar-refractivity contribution in [3.8, 4) is 0 Å². The number of urea groups is 1. The minimum absolute atomic E-state index is 0.0167. The molecule has 3 rings (SSSR count). The summed E-state index contributed by atoms with van der Waals surface area (Å²) < 4.78 is 5.24. The van der Waals surface area contributed by atoms with Crippen LogP contribution in [0.5, 0.6) is 0 Å². The van der Waals surface area contributed by atoms with Gasteiger partial charge in [-0.2, -0.15) is 0 Å². The number of benzene rings is 1. The number of carbonyl (C=O) groups excluding carboxylic acids is 2. The SMILES string of the molecule is CC(C)(C)OC(=O)NCc1ccc(CNC(=O)N2CCC(Cc3ccccn3)CC2)cc1. The summed E-state index contributed by atoms with van der Waals surface area (Å²) in [5, 5.41) is 5.76. The highest BCUT2D eigenvalue weighted by atomic mass is 16.6. The number of likely N-dealkylation sites (tertiary alicyclic amines) is 1. The van der Waals surface area contributed by atoms with E-state index in [9.17, 15) is 9.59 Å². The molecule has 0 radical (unpaired) electrons. The molecule has 32 heavy (non-hydrogen) atoms. The second kappa shape index (κ2) is 11.0. The molecular weight excluding hydrogens is 404 g/mol. The Kier molecular flexibility index (Phi) is 8.09. The van der Waals surface area contributed by atoms with E-state index in [0.29, 0.717) is 19.0 Å². The minimum atomic E-state index is -0.513. The van der Waals surface area contributed by atoms with E-state index in [1.54, 1.807) is 0 Å². The minimum Gasteiger partial charge on any atom is -0.444 e. The van der Waals surface area contributed by atoms with E-state index >= 15 is 0 Å². The first kappa shape index (κ1) is 23.6. The van der Waals surface area contributed by atoms with Gasteiger partial charge in [-0.3, -0.25) is 4.98 Å². The smallest absolute Gasteiger partial charge is 0.407 e. The highest BCUT2D eigenvalue weighted by Crippen LogP contribution is 2.21. The molecule has 0 aliphatic carbocycles. The summed E-state index contributed by atoms with van der Waals surface area (Å²) in [6, 6.07) is 13.8. The molecule has 1 aromatic heterocycles. The molecule has 0 atom stereocenters. The van der Waals surface area contributed by atoms with Gasteiger partial charge in [0.05, 0.1) is 0 Å². The van der Waals surface area contributed by atoms with E-state index in [2.05, 4.69) is 21.7 Å². The number of pyridine rings is 1. The first-order valence-corrected chi connectivity index (χ1v) is 11.3. The molecule has 3 amide bonds. The predicted octanol–water partition coefficient (Wildman–Crippen LogP) is 4.27. The Balaban J connectivity index is 1.36. The summed E-state index contributed by atoms with van der Waals surface area (Å²) in [6.07, 6.45) is 4.39. The third kappa shape index (κ3) is 7.87. The maximum Gasteiger partial charge on any atom is 0.407 e. The average molecular weight is 439 g/mol. The van der Waals surface area contributed by atoms with Crippen molar-refractivity contribution < 1.29 is 14.3 Å². The van der Waals surface area contributed by atoms with Crippen molar-refractivity contribution in [2.24, 2.45) is 5.92 Å². The summed E-state index contributed by atoms with van der Waals surface area (Å²) in [5.41, 5.74) is 2.60. The monoisotopic (exact) mass is 438 g/mol. The van der Waals surface area contributed by atoms with Crippen LogP contribution in [0, 0.1) is 5.92 Å². The van der Waals surface area contributed by atoms with Gasteiger partial charge < -0.3 is 20.3 Å². The maximum atomic E-state index is 12.5. The molecule has 1 aromatic carbocycles. The molecule has 2 heterocycles. The van der Waals surface area contributed by atoms with Crippen molar-refractivity contribution in [1.29, 1.82) is 0 Å². The number of hydrogen-bond acceptors (Lipinski definition) is 4. The summed E-state index contributed by atoms with van der Waals surface area (Å²) >= 11 is 0. The number of nitrogens with zero attached hydrogens (tertiary/aromatic N) is 2. The lowest BCUT2D eigenvalue weighted by atomic mass is 9.92. The zero-order chi connectivity index (χ0) is 23.0. The topological polar surface area (TPSA) is 83.6 Å². The number of piperidine rings is 1. The van der Waals surface area contributed by atoms with Crippen LogP contribution in [0.15, 0.2) is 48.7 Å². The lowest BCUT2D eigenvalue weighted by Gasteiger charge is -2.32. The number of carbonyl (C=O) groups is 2. The van der Waals surface area contributed by atoms with Crippen LogP contribution in [0.2, 0.25) is 0 Å². The Bertz CT molecular complexity index is 870. The molecule has 7 heteroatoms. The van der Waals surface area contributed by atoms with Crippen molar-refractivity contribution >= 4 is 12.1 Å². The van der Waals surface area contributed by atoms with Crippen LogP contribution in [0.25, 0.3) is 0 Å². The fraction of sp³-hybridized carbons (Fsp3) is 0.480. The largest absolute Gasteiger partial charge is 0.444 e. The molecule has 2 N–H and O–H groups in total. The number of nitrogens with one attached hydrogen (secondary N) is 2. The van der Waals surface area contributed by atoms with Gasteiger partial charge in [-0.1, -0.05) is 30.3 Å². The molecule has 1 aliphatic rings. The van der Waals surface area contributed by atoms with Crippen molar-refractivity contribution in [2.75, 3.05) is 13.1 Å². The number of alkyl carbamates (subject to hydrolysis) is 1. The summed E-state index contributed by atoms with van der Waals surface area (Å²) in [4.78, 5) is 30.6. The lowest BCUT2D eigenvalue weighted by molar-refractivity contribution is 0.0523. The first-order valence-electron chi connectivity index (χ1n) is 11.3. The third-order valence-electron chi connectivity index (χ3n) is 5.43. The molecule has 0 spiro atoms. The zero-order valence-electron chi connectivity index (χ0n) is 19.3. The number of amides is 3. The van der Waals surface area contributed by atoms with Crippen LogP contribution in [0.4, 0.5) is 9.59 Å². The Morgan fingerprint density at radius 1 is 1.00 bits per heavy atom. The quantitative estimate of drug-likeness (QED) is 0.705. The Morgan fingerprint density at radius 3 is 2.19 bits per heavy atom. The van der Waals surface area contributed by atoms with Crippen molar-refractivity contribution in [3.05, 3.63) is 65.5 Å². The molecule has 1 aliphatic heterocycles. The molecule has 0 saturated carbocycles. The van der Waals surface area contributed by atoms with Gasteiger partial charge in [0.15, 0.2) is 0 Å². The fourth-order valence-electron chi connectivity index (χ4n) is 3.71. The maximum absolute atomic E-state index is 12.5. The molecule has 172 valence electrons. The number of rotatable bonds is 6. The Hall–Kier alpha value is -3.09. The zero-order valence-corrected chi connectivity index (χ0v) is 19.3. The van der Waals surface area contributed by atoms with Gasteiger partial charge in [-0.15, -0.1) is 0 Å². The highest BCUT2D eigenvalue weighted by Gasteiger charge is 2.23. The van der Waals surface area contributed by atoms with Crippen LogP contribution in [-0.4, -0.2) is 40.7 Å². The lowest BCUT2D eigenvalue weighted by Crippen LogP contribution is -2.44. The van der Waals surface area contributed by atoms with E-state index in [4.69, 9.17) is 4.74 Å². The van der Waals surface area contributed by atoms with E-state index < -0.39 is 11.7 Å². The van der Waals surface area contributed by atoms with E-state index in [0.717, 1.165) is 49.2 Å². The third-order valence-corrected chi connectivity index (χ3v) is 5.43. The second-order valence-electron chi connectivity index (χ2n) is 9.29. The van der Waals surface area contributed by atoms with E-state index in [-0.39, 0.29) is 6.03 Å². The Labute approximate surface area is 190 Å². The van der Waals surface area contributed by atoms with Crippen molar-refractivity contribution in [1.82, 2.24) is 20.5 Å². The van der Waals surface area contributed by atoms with Crippen LogP contribution in [0.1, 0.15) is 50.4 Å². The summed E-state index contributed by atoms with van der Waals surface area (Å²) in [6.45, 7) is 7.93. The van der Waals surface area contributed by atoms with Gasteiger partial charge in [0.2, 0.25) is 0 Å². The predicted molar refractivity (Wildman–Crippen MR) is 124 cm³/mol. The highest BCUT2D eigenvalue weighted by molar-refractivity contribution is 5.74. The van der Waals surface area contributed by atoms with Crippen LogP contribution < -0.4 is 10.6 Å². The van der Waals surface area contributed by atoms with Gasteiger partial charge >= 0.3 is 12.1 Å². The number of ether oxygens (including phenoxy) is 1. The molecule has 2 aromatic rings. The first-order chi connectivity index (χ1) is 15.3. The standard InChI is InChI=1S/C25H34N4O3/c1-25(2,3)32-24(31)28-18-21-9-7-20(8-10-21)17-27-23(30)29-14-11-19(12-15-29)16-22-6-4-5-13-26-22/h4-10,13,19H,11-12,14-18H2,1-3H3,(H,27,30)(H,28,31). The van der Waals surface area contributed by atoms with Crippen LogP contribution in [-0.2, 0) is 24.2 Å². The Morgan fingerprint density at radius 2 is 1.62 bits per heavy atom. The molecule has 0 unspecified atom stereocenters. The van der Waals surface area contributed by atoms with Gasteiger partial charge in [0, 0.05) is 38.1 Å². The van der Waals surface area contributed by atoms with Crippen LogP contribution in [0.3, 0.4) is 0 Å². The van der Waals surface area contributed by atoms with Crippen molar-refractivity contribution in [2.45, 2.75) is 58.7 Å². The average Bonchev–Trinajstić information content (AvgIpc) is 2.77. The van der Waals surface area contributed by atoms with Gasteiger partial charge in [-0.05, 0) is 69.2 Å². The fourth-order valence-corrected chi connectivity index (χ4v) is 3.71. The molecule has 1 fully saturated rings. The normalized spacial score (nSPS) is 14.7. The van der Waals surface area contributed by atoms with E-state index in [1.807, 2.05) is 68.3 Å². The number of aromatic nitrogens is 1. The second-order valence-corrected chi connectivity index (χ2v) is 9.29. The summed E-state index contributed by atoms with van der Waals surface area (Å²) in [7, 11) is 0. The van der Waals surface area contributed by atoms with Crippen molar-refractivity contribution in [3.63, 3.8) is 0 Å². The molecule has 1 saturated heterocycles. The molecular formula is C25H34N4O3. The molecule has 7 nitrogen and oxygen atoms in total. The van der Waals surface area contributed by atoms with Gasteiger partial charge in [0.25, 0.3) is 0 Å².